The zero-order valence-electron chi connectivity index (χ0n) is 11.9. The van der Waals surface area contributed by atoms with Gasteiger partial charge >= 0.3 is 0 Å². The topological polar surface area (TPSA) is 27.7 Å². The summed E-state index contributed by atoms with van der Waals surface area (Å²) in [5.74, 6) is 0. The molecule has 0 aromatic heterocycles. The van der Waals surface area contributed by atoms with E-state index in [0.29, 0.717) is 12.1 Å². The lowest BCUT2D eigenvalue weighted by molar-refractivity contribution is -0.0495. The van der Waals surface area contributed by atoms with Crippen LogP contribution in [-0.2, 0) is 4.74 Å². The molecule has 0 aromatic rings. The second kappa shape index (κ2) is 8.03. The minimum atomic E-state index is 0.380. The Hall–Kier alpha value is -0.160. The molecule has 1 atom stereocenters. The van der Waals surface area contributed by atoms with Crippen molar-refractivity contribution >= 4 is 0 Å². The Bertz CT molecular complexity index is 199. The van der Waals surface area contributed by atoms with Crippen LogP contribution in [0.2, 0.25) is 0 Å². The molecular weight excluding hydrogens is 214 g/mol. The molecule has 1 fully saturated rings. The molecule has 0 amide bonds. The van der Waals surface area contributed by atoms with Crippen molar-refractivity contribution in [3.63, 3.8) is 0 Å². The fourth-order valence-electron chi connectivity index (χ4n) is 2.29. The van der Waals surface area contributed by atoms with Crippen LogP contribution in [0.25, 0.3) is 0 Å². The number of likely N-dealkylation sites (N-methyl/N-ethyl adjacent to an activating group) is 1. The maximum absolute atomic E-state index is 5.84. The molecule has 0 radical (unpaired) electrons. The van der Waals surface area contributed by atoms with Crippen LogP contribution in [0.4, 0.5) is 0 Å². The van der Waals surface area contributed by atoms with Gasteiger partial charge in [-0.3, -0.25) is 4.90 Å². The summed E-state index contributed by atoms with van der Waals surface area (Å²) >= 11 is 0. The first-order valence-corrected chi connectivity index (χ1v) is 6.82. The van der Waals surface area contributed by atoms with Gasteiger partial charge in [-0.05, 0) is 47.5 Å². The minimum Gasteiger partial charge on any atom is -0.374 e. The van der Waals surface area contributed by atoms with Gasteiger partial charge in [-0.1, -0.05) is 0 Å². The van der Waals surface area contributed by atoms with E-state index >= 15 is 0 Å². The lowest BCUT2D eigenvalue weighted by Gasteiger charge is -2.37. The summed E-state index contributed by atoms with van der Waals surface area (Å²) in [5, 5.41) is 3.18. The van der Waals surface area contributed by atoms with Gasteiger partial charge in [0.1, 0.15) is 0 Å². The Balaban J connectivity index is 2.21. The number of nitrogens with zero attached hydrogens (tertiary/aromatic N) is 2. The Morgan fingerprint density at radius 3 is 2.88 bits per heavy atom. The lowest BCUT2D eigenvalue weighted by Crippen LogP contribution is -2.49. The molecule has 1 aliphatic rings. The van der Waals surface area contributed by atoms with Gasteiger partial charge in [0.2, 0.25) is 0 Å². The number of nitrogens with one attached hydrogen (secondary N) is 1. The summed E-state index contributed by atoms with van der Waals surface area (Å²) in [6, 6.07) is 0.635. The zero-order valence-corrected chi connectivity index (χ0v) is 11.9. The number of ether oxygens (including phenoxy) is 1. The van der Waals surface area contributed by atoms with Crippen molar-refractivity contribution in [2.75, 3.05) is 53.4 Å². The van der Waals surface area contributed by atoms with Gasteiger partial charge in [-0.25, -0.2) is 0 Å². The summed E-state index contributed by atoms with van der Waals surface area (Å²) < 4.78 is 5.84. The van der Waals surface area contributed by atoms with E-state index in [9.17, 15) is 0 Å². The standard InChI is InChI=1S/C13H29N3O/c1-12(2)16-8-9-17-13(11-16)10-15(4)7-5-6-14-3/h12-14H,5-11H2,1-4H3. The van der Waals surface area contributed by atoms with Crippen molar-refractivity contribution in [1.82, 2.24) is 15.1 Å². The van der Waals surface area contributed by atoms with Gasteiger partial charge in [-0.15, -0.1) is 0 Å². The second-order valence-electron chi connectivity index (χ2n) is 5.30. The zero-order chi connectivity index (χ0) is 12.7. The highest BCUT2D eigenvalue weighted by atomic mass is 16.5. The van der Waals surface area contributed by atoms with E-state index in [1.807, 2.05) is 7.05 Å². The first-order chi connectivity index (χ1) is 8.13. The third-order valence-corrected chi connectivity index (χ3v) is 3.38. The molecule has 4 heteroatoms. The summed E-state index contributed by atoms with van der Waals surface area (Å²) in [5.41, 5.74) is 0. The van der Waals surface area contributed by atoms with E-state index in [1.165, 1.54) is 6.42 Å². The summed E-state index contributed by atoms with van der Waals surface area (Å²) in [7, 11) is 4.19. The van der Waals surface area contributed by atoms with Crippen molar-refractivity contribution in [2.24, 2.45) is 0 Å². The van der Waals surface area contributed by atoms with Crippen LogP contribution in [0.3, 0.4) is 0 Å². The van der Waals surface area contributed by atoms with E-state index in [1.54, 1.807) is 0 Å². The highest BCUT2D eigenvalue weighted by Gasteiger charge is 2.22. The molecule has 1 unspecified atom stereocenters. The van der Waals surface area contributed by atoms with Crippen molar-refractivity contribution in [2.45, 2.75) is 32.4 Å². The smallest absolute Gasteiger partial charge is 0.0829 e. The van der Waals surface area contributed by atoms with E-state index in [-0.39, 0.29) is 0 Å². The van der Waals surface area contributed by atoms with Crippen molar-refractivity contribution in [3.05, 3.63) is 0 Å². The molecule has 0 aromatic carbocycles. The van der Waals surface area contributed by atoms with Gasteiger partial charge in [0, 0.05) is 25.7 Å². The first-order valence-electron chi connectivity index (χ1n) is 6.82. The normalized spacial score (nSPS) is 22.6. The molecule has 0 saturated carbocycles. The largest absolute Gasteiger partial charge is 0.374 e. The summed E-state index contributed by atoms with van der Waals surface area (Å²) in [6.45, 7) is 10.8. The number of hydrogen-bond acceptors (Lipinski definition) is 4. The number of hydrogen-bond donors (Lipinski definition) is 1. The van der Waals surface area contributed by atoms with Crippen LogP contribution >= 0.6 is 0 Å². The third kappa shape index (κ3) is 5.82. The van der Waals surface area contributed by atoms with Crippen LogP contribution in [0.5, 0.6) is 0 Å². The molecule has 17 heavy (non-hydrogen) atoms. The Kier molecular flexibility index (Phi) is 7.04. The predicted octanol–water partition coefficient (Wildman–Crippen LogP) is 0.637. The SMILES string of the molecule is CNCCCN(C)CC1CN(C(C)C)CCO1. The highest BCUT2D eigenvalue weighted by molar-refractivity contribution is 4.76. The molecule has 1 N–H and O–H groups in total. The molecule has 1 aliphatic heterocycles. The second-order valence-corrected chi connectivity index (χ2v) is 5.30. The first kappa shape index (κ1) is 14.9. The Labute approximate surface area is 106 Å². The molecule has 4 nitrogen and oxygen atoms in total. The fraction of sp³-hybridized carbons (Fsp3) is 1.00. The molecule has 1 rings (SSSR count). The van der Waals surface area contributed by atoms with Crippen LogP contribution in [-0.4, -0.2) is 75.4 Å². The summed E-state index contributed by atoms with van der Waals surface area (Å²) in [4.78, 5) is 4.89. The highest BCUT2D eigenvalue weighted by Crippen LogP contribution is 2.09. The molecule has 0 aliphatic carbocycles. The minimum absolute atomic E-state index is 0.380. The van der Waals surface area contributed by atoms with E-state index in [4.69, 9.17) is 4.74 Å². The van der Waals surface area contributed by atoms with Crippen molar-refractivity contribution in [1.29, 1.82) is 0 Å². The maximum Gasteiger partial charge on any atom is 0.0829 e. The average molecular weight is 243 g/mol. The summed E-state index contributed by atoms with van der Waals surface area (Å²) in [6.07, 6.45) is 1.58. The molecule has 1 heterocycles. The molecular formula is C13H29N3O. The van der Waals surface area contributed by atoms with Crippen LogP contribution in [0.15, 0.2) is 0 Å². The average Bonchev–Trinajstić information content (AvgIpc) is 2.29. The van der Waals surface area contributed by atoms with Gasteiger partial charge < -0.3 is 15.0 Å². The number of morpholine rings is 1. The Morgan fingerprint density at radius 1 is 1.47 bits per heavy atom. The van der Waals surface area contributed by atoms with Gasteiger partial charge in [0.05, 0.1) is 12.7 Å². The molecule has 1 saturated heterocycles. The quantitative estimate of drug-likeness (QED) is 0.664. The fourth-order valence-corrected chi connectivity index (χ4v) is 2.29. The monoisotopic (exact) mass is 243 g/mol. The molecule has 0 spiro atoms. The van der Waals surface area contributed by atoms with E-state index < -0.39 is 0 Å². The van der Waals surface area contributed by atoms with E-state index in [2.05, 4.69) is 36.0 Å². The van der Waals surface area contributed by atoms with Crippen molar-refractivity contribution < 1.29 is 4.74 Å². The van der Waals surface area contributed by atoms with Gasteiger partial charge in [0.15, 0.2) is 0 Å². The van der Waals surface area contributed by atoms with Gasteiger partial charge in [-0.2, -0.15) is 0 Å². The van der Waals surface area contributed by atoms with E-state index in [0.717, 1.165) is 39.3 Å². The molecule has 0 bridgehead atoms. The van der Waals surface area contributed by atoms with Crippen LogP contribution < -0.4 is 5.32 Å². The van der Waals surface area contributed by atoms with Crippen LogP contribution in [0.1, 0.15) is 20.3 Å². The predicted molar refractivity (Wildman–Crippen MR) is 72.5 cm³/mol. The molecule has 102 valence electrons. The number of rotatable bonds is 7. The third-order valence-electron chi connectivity index (χ3n) is 3.38. The van der Waals surface area contributed by atoms with Crippen LogP contribution in [0, 0.1) is 0 Å². The van der Waals surface area contributed by atoms with Crippen molar-refractivity contribution in [3.8, 4) is 0 Å². The lowest BCUT2D eigenvalue weighted by atomic mass is 10.2. The maximum atomic E-state index is 5.84. The van der Waals surface area contributed by atoms with Gasteiger partial charge in [0.25, 0.3) is 0 Å². The Morgan fingerprint density at radius 2 is 2.24 bits per heavy atom.